The molecule has 1 aromatic heterocycles. The predicted molar refractivity (Wildman–Crippen MR) is 69.1 cm³/mol. The van der Waals surface area contributed by atoms with Crippen molar-refractivity contribution >= 4 is 11.8 Å². The van der Waals surface area contributed by atoms with E-state index in [2.05, 4.69) is 14.7 Å². The van der Waals surface area contributed by atoms with Crippen LogP contribution >= 0.6 is 0 Å². The summed E-state index contributed by atoms with van der Waals surface area (Å²) in [5.41, 5.74) is 7.54. The highest BCUT2D eigenvalue weighted by Crippen LogP contribution is 2.20. The molecule has 0 aliphatic carbocycles. The van der Waals surface area contributed by atoms with Crippen molar-refractivity contribution in [3.05, 3.63) is 41.7 Å². The number of aromatic nitrogens is 2. The van der Waals surface area contributed by atoms with Gasteiger partial charge in [0.25, 0.3) is 0 Å². The van der Waals surface area contributed by atoms with Crippen molar-refractivity contribution in [2.75, 3.05) is 12.8 Å². The van der Waals surface area contributed by atoms with Crippen LogP contribution in [0.4, 0.5) is 5.82 Å². The van der Waals surface area contributed by atoms with Gasteiger partial charge in [-0.1, -0.05) is 18.2 Å². The fourth-order valence-corrected chi connectivity index (χ4v) is 1.61. The third-order valence-corrected chi connectivity index (χ3v) is 2.58. The Morgan fingerprint density at radius 3 is 2.95 bits per heavy atom. The van der Waals surface area contributed by atoms with Gasteiger partial charge in [-0.3, -0.25) is 0 Å². The average molecular weight is 259 g/mol. The molecule has 0 amide bonds. The van der Waals surface area contributed by atoms with Crippen LogP contribution in [-0.2, 0) is 11.3 Å². The molecule has 0 spiro atoms. The van der Waals surface area contributed by atoms with E-state index >= 15 is 0 Å². The largest absolute Gasteiger partial charge is 0.464 e. The lowest BCUT2D eigenvalue weighted by atomic mass is 10.1. The summed E-state index contributed by atoms with van der Waals surface area (Å²) >= 11 is 0. The molecular formula is C13H13N3O3. The molecule has 0 bridgehead atoms. The normalized spacial score (nSPS) is 10.2. The monoisotopic (exact) mass is 259 g/mol. The lowest BCUT2D eigenvalue weighted by molar-refractivity contribution is 0.0595. The first-order chi connectivity index (χ1) is 9.15. The van der Waals surface area contributed by atoms with Gasteiger partial charge in [0.15, 0.2) is 11.5 Å². The van der Waals surface area contributed by atoms with E-state index in [-0.39, 0.29) is 18.1 Å². The maximum atomic E-state index is 11.5. The number of benzene rings is 1. The fourth-order valence-electron chi connectivity index (χ4n) is 1.61. The Bertz CT molecular complexity index is 614. The number of aliphatic hydroxyl groups is 1. The number of hydrogen-bond donors (Lipinski definition) is 2. The van der Waals surface area contributed by atoms with Gasteiger partial charge in [-0.15, -0.1) is 0 Å². The van der Waals surface area contributed by atoms with Crippen molar-refractivity contribution in [3.8, 4) is 11.3 Å². The maximum absolute atomic E-state index is 11.5. The third-order valence-electron chi connectivity index (χ3n) is 2.58. The number of anilines is 1. The smallest absolute Gasteiger partial charge is 0.360 e. The van der Waals surface area contributed by atoms with Crippen molar-refractivity contribution in [2.45, 2.75) is 6.61 Å². The average Bonchev–Trinajstić information content (AvgIpc) is 2.47. The molecule has 19 heavy (non-hydrogen) atoms. The van der Waals surface area contributed by atoms with E-state index in [1.807, 2.05) is 0 Å². The molecule has 6 heteroatoms. The fraction of sp³-hybridized carbons (Fsp3) is 0.154. The number of carbonyl (C=O) groups is 1. The molecule has 0 aliphatic rings. The molecule has 6 nitrogen and oxygen atoms in total. The predicted octanol–water partition coefficient (Wildman–Crippen LogP) is 1.00. The zero-order chi connectivity index (χ0) is 13.8. The highest BCUT2D eigenvalue weighted by molar-refractivity contribution is 5.92. The quantitative estimate of drug-likeness (QED) is 0.798. The zero-order valence-corrected chi connectivity index (χ0v) is 10.3. The highest BCUT2D eigenvalue weighted by Gasteiger charge is 2.14. The second-order valence-corrected chi connectivity index (χ2v) is 3.84. The Kier molecular flexibility index (Phi) is 3.72. The van der Waals surface area contributed by atoms with Crippen LogP contribution in [0.2, 0.25) is 0 Å². The summed E-state index contributed by atoms with van der Waals surface area (Å²) < 4.78 is 4.59. The number of hydrogen-bond acceptors (Lipinski definition) is 6. The molecule has 0 atom stereocenters. The minimum Gasteiger partial charge on any atom is -0.464 e. The second kappa shape index (κ2) is 5.45. The number of nitrogen functional groups attached to an aromatic ring is 1. The van der Waals surface area contributed by atoms with E-state index in [0.717, 1.165) is 11.1 Å². The molecule has 0 saturated carbocycles. The number of methoxy groups -OCH3 is 1. The van der Waals surface area contributed by atoms with Crippen LogP contribution in [0, 0.1) is 0 Å². The van der Waals surface area contributed by atoms with Gasteiger partial charge in [-0.05, 0) is 11.6 Å². The number of nitrogens with zero attached hydrogens (tertiary/aromatic N) is 2. The van der Waals surface area contributed by atoms with Crippen LogP contribution < -0.4 is 5.73 Å². The number of carbonyl (C=O) groups excluding carboxylic acids is 1. The van der Waals surface area contributed by atoms with Crippen LogP contribution in [0.5, 0.6) is 0 Å². The van der Waals surface area contributed by atoms with E-state index in [1.54, 1.807) is 24.3 Å². The maximum Gasteiger partial charge on any atom is 0.360 e. The lowest BCUT2D eigenvalue weighted by Crippen LogP contribution is -2.10. The number of ether oxygens (including phenoxy) is 1. The Morgan fingerprint density at radius 2 is 2.26 bits per heavy atom. The summed E-state index contributed by atoms with van der Waals surface area (Å²) in [5.74, 6) is -0.612. The van der Waals surface area contributed by atoms with Gasteiger partial charge in [-0.25, -0.2) is 14.8 Å². The zero-order valence-electron chi connectivity index (χ0n) is 10.3. The van der Waals surface area contributed by atoms with Crippen LogP contribution in [0.1, 0.15) is 16.1 Å². The van der Waals surface area contributed by atoms with Gasteiger partial charge < -0.3 is 15.6 Å². The summed E-state index contributed by atoms with van der Waals surface area (Å²) in [7, 11) is 1.25. The molecule has 1 aromatic carbocycles. The molecule has 0 unspecified atom stereocenters. The number of aliphatic hydroxyl groups excluding tert-OH is 1. The molecule has 3 N–H and O–H groups in total. The summed E-state index contributed by atoms with van der Waals surface area (Å²) in [4.78, 5) is 19.6. The van der Waals surface area contributed by atoms with E-state index < -0.39 is 5.97 Å². The molecule has 0 fully saturated rings. The number of esters is 1. The first kappa shape index (κ1) is 13.0. The first-order valence-electron chi connectivity index (χ1n) is 5.56. The van der Waals surface area contributed by atoms with Crippen LogP contribution in [0.15, 0.2) is 30.5 Å². The van der Waals surface area contributed by atoms with Crippen LogP contribution in [0.3, 0.4) is 0 Å². The van der Waals surface area contributed by atoms with Crippen LogP contribution in [-0.4, -0.2) is 28.2 Å². The summed E-state index contributed by atoms with van der Waals surface area (Å²) in [6, 6.07) is 7.15. The summed E-state index contributed by atoms with van der Waals surface area (Å²) in [6.07, 6.45) is 1.47. The van der Waals surface area contributed by atoms with Gasteiger partial charge in [0.2, 0.25) is 0 Å². The first-order valence-corrected chi connectivity index (χ1v) is 5.56. The van der Waals surface area contributed by atoms with E-state index in [1.165, 1.54) is 13.3 Å². The van der Waals surface area contributed by atoms with Gasteiger partial charge >= 0.3 is 5.97 Å². The van der Waals surface area contributed by atoms with Gasteiger partial charge in [0.05, 0.1) is 25.6 Å². The third kappa shape index (κ3) is 2.69. The Labute approximate surface area is 109 Å². The standard InChI is InChI=1S/C13H13N3O3/c1-19-13(18)11-12(14)15-6-10(16-11)9-4-2-3-8(5-9)7-17/h2-6,17H,7H2,1H3,(H2,14,15). The molecule has 98 valence electrons. The molecule has 1 heterocycles. The summed E-state index contributed by atoms with van der Waals surface area (Å²) in [5, 5.41) is 9.10. The molecule has 2 rings (SSSR count). The highest BCUT2D eigenvalue weighted by atomic mass is 16.5. The number of nitrogens with two attached hydrogens (primary N) is 1. The molecule has 0 aliphatic heterocycles. The minimum atomic E-state index is -0.634. The molecule has 0 saturated heterocycles. The summed E-state index contributed by atoms with van der Waals surface area (Å²) in [6.45, 7) is -0.0693. The Hall–Kier alpha value is -2.47. The van der Waals surface area contributed by atoms with Gasteiger partial charge in [0.1, 0.15) is 0 Å². The Balaban J connectivity index is 2.48. The SMILES string of the molecule is COC(=O)c1nc(-c2cccc(CO)c2)cnc1N. The second-order valence-electron chi connectivity index (χ2n) is 3.84. The van der Waals surface area contributed by atoms with Crippen molar-refractivity contribution in [3.63, 3.8) is 0 Å². The van der Waals surface area contributed by atoms with Crippen molar-refractivity contribution in [2.24, 2.45) is 0 Å². The number of rotatable bonds is 3. The van der Waals surface area contributed by atoms with E-state index in [0.29, 0.717) is 5.69 Å². The van der Waals surface area contributed by atoms with Crippen molar-refractivity contribution in [1.82, 2.24) is 9.97 Å². The molecule has 0 radical (unpaired) electrons. The topological polar surface area (TPSA) is 98.3 Å². The van der Waals surface area contributed by atoms with E-state index in [9.17, 15) is 4.79 Å². The molecule has 2 aromatic rings. The minimum absolute atomic E-state index is 0.0191. The van der Waals surface area contributed by atoms with Crippen LogP contribution in [0.25, 0.3) is 11.3 Å². The Morgan fingerprint density at radius 1 is 1.47 bits per heavy atom. The van der Waals surface area contributed by atoms with E-state index in [4.69, 9.17) is 10.8 Å². The lowest BCUT2D eigenvalue weighted by Gasteiger charge is -2.06. The van der Waals surface area contributed by atoms with Crippen molar-refractivity contribution < 1.29 is 14.6 Å². The van der Waals surface area contributed by atoms with Gasteiger partial charge in [-0.2, -0.15) is 0 Å². The molecular weight excluding hydrogens is 246 g/mol. The van der Waals surface area contributed by atoms with Gasteiger partial charge in [0, 0.05) is 5.56 Å². The van der Waals surface area contributed by atoms with Crippen molar-refractivity contribution in [1.29, 1.82) is 0 Å².